The maximum absolute atomic E-state index is 3.80. The van der Waals surface area contributed by atoms with E-state index in [0.717, 1.165) is 13.0 Å². The number of hydrogen-bond donors (Lipinski definition) is 1. The van der Waals surface area contributed by atoms with E-state index < -0.39 is 0 Å². The van der Waals surface area contributed by atoms with Gasteiger partial charge in [-0.3, -0.25) is 0 Å². The minimum absolute atomic E-state index is 0.642. The summed E-state index contributed by atoms with van der Waals surface area (Å²) < 4.78 is 0. The number of nitrogens with one attached hydrogen (secondary N) is 1. The van der Waals surface area contributed by atoms with E-state index >= 15 is 0 Å². The molecule has 1 heterocycles. The maximum Gasteiger partial charge on any atom is 0.0229 e. The highest BCUT2D eigenvalue weighted by Crippen LogP contribution is 2.05. The molecule has 1 saturated heterocycles. The molecule has 0 bridgehead atoms. The molecular formula is C12H24N2. The summed E-state index contributed by atoms with van der Waals surface area (Å²) in [5, 5.41) is 3.53. The molecule has 1 aliphatic heterocycles. The average Bonchev–Trinajstić information content (AvgIpc) is 2.19. The number of unbranched alkanes of at least 4 members (excludes halogenated alkanes) is 2. The first kappa shape index (κ1) is 11.7. The van der Waals surface area contributed by atoms with Gasteiger partial charge in [0.1, 0.15) is 0 Å². The molecule has 1 unspecified atom stereocenters. The van der Waals surface area contributed by atoms with Gasteiger partial charge in [-0.15, -0.1) is 6.58 Å². The van der Waals surface area contributed by atoms with Gasteiger partial charge in [0.05, 0.1) is 0 Å². The van der Waals surface area contributed by atoms with Crippen molar-refractivity contribution in [1.29, 1.82) is 0 Å². The second-order valence-electron chi connectivity index (χ2n) is 4.18. The lowest BCUT2D eigenvalue weighted by Crippen LogP contribution is -2.50. The zero-order valence-electron chi connectivity index (χ0n) is 9.47. The van der Waals surface area contributed by atoms with Gasteiger partial charge in [0.25, 0.3) is 0 Å². The Morgan fingerprint density at radius 1 is 1.50 bits per heavy atom. The molecule has 1 aliphatic rings. The van der Waals surface area contributed by atoms with Crippen LogP contribution in [0.1, 0.15) is 32.6 Å². The first-order chi connectivity index (χ1) is 6.86. The molecule has 1 fully saturated rings. The first-order valence-corrected chi connectivity index (χ1v) is 5.93. The van der Waals surface area contributed by atoms with E-state index in [1.54, 1.807) is 0 Å². The van der Waals surface area contributed by atoms with Gasteiger partial charge in [-0.25, -0.2) is 0 Å². The van der Waals surface area contributed by atoms with Crippen molar-refractivity contribution in [3.63, 3.8) is 0 Å². The van der Waals surface area contributed by atoms with Crippen LogP contribution in [0, 0.1) is 0 Å². The first-order valence-electron chi connectivity index (χ1n) is 5.93. The van der Waals surface area contributed by atoms with Gasteiger partial charge in [-0.05, 0) is 19.4 Å². The number of hydrogen-bond acceptors (Lipinski definition) is 2. The molecular weight excluding hydrogens is 172 g/mol. The zero-order chi connectivity index (χ0) is 10.2. The number of rotatable bonds is 6. The number of nitrogens with zero attached hydrogens (tertiary/aromatic N) is 1. The fourth-order valence-corrected chi connectivity index (χ4v) is 2.04. The van der Waals surface area contributed by atoms with E-state index in [4.69, 9.17) is 0 Å². The van der Waals surface area contributed by atoms with Crippen LogP contribution in [0.5, 0.6) is 0 Å². The molecule has 0 spiro atoms. The summed E-state index contributed by atoms with van der Waals surface area (Å²) in [4.78, 5) is 2.58. The summed E-state index contributed by atoms with van der Waals surface area (Å²) in [6.07, 6.45) is 7.17. The molecule has 1 atom stereocenters. The van der Waals surface area contributed by atoms with Crippen molar-refractivity contribution < 1.29 is 0 Å². The third kappa shape index (κ3) is 4.25. The predicted octanol–water partition coefficient (Wildman–Crippen LogP) is 2.03. The normalized spacial score (nSPS) is 23.6. The standard InChI is InChI=1S/C12H24N2/c1-3-5-6-9-14-10-8-13-12(11-14)7-4-2/h4,12-13H,2-3,5-11H2,1H3. The summed E-state index contributed by atoms with van der Waals surface area (Å²) in [7, 11) is 0. The Bertz CT molecular complexity index is 156. The summed E-state index contributed by atoms with van der Waals surface area (Å²) in [5.74, 6) is 0. The molecule has 2 heteroatoms. The van der Waals surface area contributed by atoms with Gasteiger partial charge in [0, 0.05) is 25.7 Å². The third-order valence-corrected chi connectivity index (χ3v) is 2.87. The molecule has 0 saturated carbocycles. The van der Waals surface area contributed by atoms with Gasteiger partial charge in [0.15, 0.2) is 0 Å². The van der Waals surface area contributed by atoms with Gasteiger partial charge >= 0.3 is 0 Å². The molecule has 0 aliphatic carbocycles. The fourth-order valence-electron chi connectivity index (χ4n) is 2.04. The quantitative estimate of drug-likeness (QED) is 0.516. The van der Waals surface area contributed by atoms with E-state index in [-0.39, 0.29) is 0 Å². The van der Waals surface area contributed by atoms with Crippen molar-refractivity contribution in [2.24, 2.45) is 0 Å². The summed E-state index contributed by atoms with van der Waals surface area (Å²) >= 11 is 0. The van der Waals surface area contributed by atoms with Crippen LogP contribution in [-0.2, 0) is 0 Å². The van der Waals surface area contributed by atoms with E-state index in [1.165, 1.54) is 38.9 Å². The van der Waals surface area contributed by atoms with Gasteiger partial charge in [-0.1, -0.05) is 25.8 Å². The smallest absolute Gasteiger partial charge is 0.0229 e. The lowest BCUT2D eigenvalue weighted by Gasteiger charge is -2.33. The maximum atomic E-state index is 3.80. The van der Waals surface area contributed by atoms with Crippen molar-refractivity contribution in [3.8, 4) is 0 Å². The second-order valence-corrected chi connectivity index (χ2v) is 4.18. The van der Waals surface area contributed by atoms with Crippen LogP contribution in [0.15, 0.2) is 12.7 Å². The van der Waals surface area contributed by atoms with Crippen LogP contribution in [0.4, 0.5) is 0 Å². The van der Waals surface area contributed by atoms with E-state index in [9.17, 15) is 0 Å². The van der Waals surface area contributed by atoms with Gasteiger partial charge in [0.2, 0.25) is 0 Å². The van der Waals surface area contributed by atoms with Crippen LogP contribution in [-0.4, -0.2) is 37.1 Å². The van der Waals surface area contributed by atoms with E-state index in [1.807, 2.05) is 6.08 Å². The van der Waals surface area contributed by atoms with Crippen LogP contribution in [0.25, 0.3) is 0 Å². The third-order valence-electron chi connectivity index (χ3n) is 2.87. The Hall–Kier alpha value is -0.340. The molecule has 1 rings (SSSR count). The number of piperazine rings is 1. The molecule has 2 nitrogen and oxygen atoms in total. The fraction of sp³-hybridized carbons (Fsp3) is 0.833. The monoisotopic (exact) mass is 196 g/mol. The molecule has 0 radical (unpaired) electrons. The summed E-state index contributed by atoms with van der Waals surface area (Å²) in [5.41, 5.74) is 0. The average molecular weight is 196 g/mol. The SMILES string of the molecule is C=CCC1CN(CCCCC)CCN1. The van der Waals surface area contributed by atoms with Gasteiger partial charge in [-0.2, -0.15) is 0 Å². The Morgan fingerprint density at radius 3 is 3.07 bits per heavy atom. The minimum Gasteiger partial charge on any atom is -0.311 e. The zero-order valence-corrected chi connectivity index (χ0v) is 9.47. The Morgan fingerprint density at radius 2 is 2.36 bits per heavy atom. The molecule has 0 aromatic rings. The van der Waals surface area contributed by atoms with Crippen LogP contribution in [0.3, 0.4) is 0 Å². The molecule has 82 valence electrons. The minimum atomic E-state index is 0.642. The van der Waals surface area contributed by atoms with Crippen LogP contribution in [0.2, 0.25) is 0 Å². The van der Waals surface area contributed by atoms with Gasteiger partial charge < -0.3 is 10.2 Å². The Balaban J connectivity index is 2.15. The van der Waals surface area contributed by atoms with Crippen molar-refractivity contribution in [2.45, 2.75) is 38.6 Å². The molecule has 0 amide bonds. The van der Waals surface area contributed by atoms with Crippen molar-refractivity contribution in [3.05, 3.63) is 12.7 Å². The highest BCUT2D eigenvalue weighted by molar-refractivity contribution is 4.84. The molecule has 1 N–H and O–H groups in total. The molecule has 0 aromatic heterocycles. The Labute approximate surface area is 88.4 Å². The molecule has 0 aromatic carbocycles. The topological polar surface area (TPSA) is 15.3 Å². The lowest BCUT2D eigenvalue weighted by atomic mass is 10.1. The summed E-state index contributed by atoms with van der Waals surface area (Å²) in [6, 6.07) is 0.642. The molecule has 14 heavy (non-hydrogen) atoms. The van der Waals surface area contributed by atoms with Crippen molar-refractivity contribution in [1.82, 2.24) is 10.2 Å². The summed E-state index contributed by atoms with van der Waals surface area (Å²) in [6.45, 7) is 10.9. The van der Waals surface area contributed by atoms with Crippen LogP contribution < -0.4 is 5.32 Å². The van der Waals surface area contributed by atoms with Crippen molar-refractivity contribution >= 4 is 0 Å². The van der Waals surface area contributed by atoms with Crippen LogP contribution >= 0.6 is 0 Å². The van der Waals surface area contributed by atoms with E-state index in [0.29, 0.717) is 6.04 Å². The second kappa shape index (κ2) is 7.02. The highest BCUT2D eigenvalue weighted by atomic mass is 15.2. The van der Waals surface area contributed by atoms with Crippen molar-refractivity contribution in [2.75, 3.05) is 26.2 Å². The lowest BCUT2D eigenvalue weighted by molar-refractivity contribution is 0.197. The highest BCUT2D eigenvalue weighted by Gasteiger charge is 2.16. The predicted molar refractivity (Wildman–Crippen MR) is 62.6 cm³/mol. The van der Waals surface area contributed by atoms with E-state index in [2.05, 4.69) is 23.7 Å². The largest absolute Gasteiger partial charge is 0.311 e. The Kier molecular flexibility index (Phi) is 5.88.